The molecule has 7 heteroatoms. The summed E-state index contributed by atoms with van der Waals surface area (Å²) in [6, 6.07) is 20.2. The lowest BCUT2D eigenvalue weighted by atomic mass is 9.50. The summed E-state index contributed by atoms with van der Waals surface area (Å²) in [5, 5.41) is 0. The van der Waals surface area contributed by atoms with E-state index >= 15 is 0 Å². The van der Waals surface area contributed by atoms with E-state index in [2.05, 4.69) is 6.92 Å². The lowest BCUT2D eigenvalue weighted by molar-refractivity contribution is -0.597. The molecule has 0 N–H and O–H groups in total. The molecule has 0 aliphatic heterocycles. The van der Waals surface area contributed by atoms with E-state index in [4.69, 9.17) is 18.9 Å². The number of esters is 1. The molecule has 3 aromatic carbocycles. The number of carbonyl (C=O) groups excluding carboxylic acids is 1. The second-order valence-corrected chi connectivity index (χ2v) is 14.5. The van der Waals surface area contributed by atoms with Crippen molar-refractivity contribution in [3.05, 3.63) is 85.3 Å². The highest BCUT2D eigenvalue weighted by atomic mass is 127. The molecule has 40 heavy (non-hydrogen) atoms. The Bertz CT molecular complexity index is 1310. The molecule has 0 spiro atoms. The summed E-state index contributed by atoms with van der Waals surface area (Å²) < 4.78 is 39.0. The minimum Gasteiger partial charge on any atom is -0.493 e. The molecule has 0 heterocycles. The van der Waals surface area contributed by atoms with Crippen LogP contribution in [0.2, 0.25) is 0 Å². The van der Waals surface area contributed by atoms with Crippen molar-refractivity contribution in [1.82, 2.24) is 0 Å². The van der Waals surface area contributed by atoms with Crippen molar-refractivity contribution >= 4 is 5.97 Å². The lowest BCUT2D eigenvalue weighted by Crippen LogP contribution is -3.61. The zero-order valence-corrected chi connectivity index (χ0v) is 25.1. The van der Waals surface area contributed by atoms with Gasteiger partial charge in [0.1, 0.15) is 23.8 Å². The Morgan fingerprint density at radius 3 is 2.15 bits per heavy atom. The van der Waals surface area contributed by atoms with E-state index in [0.29, 0.717) is 35.7 Å². The summed E-state index contributed by atoms with van der Waals surface area (Å²) in [4.78, 5) is 12.8. The smallest absolute Gasteiger partial charge is 0.358 e. The standard InChI is InChI=1S/C33H35FIO5/c1-33(24-14-22-13-23(16-24)17-25(33)15-22)40-32(36)20-38-29-10-3-21(4-11-29)19-39-31-18-28(9-12-30(31)37-2)35-27-7-5-26(34)6-8-27/h3-12,18,22-25H,13-17,19-20H2,1-2H3/q+1. The number of halogens is 2. The van der Waals surface area contributed by atoms with Crippen LogP contribution in [0.15, 0.2) is 66.7 Å². The zero-order chi connectivity index (χ0) is 27.7. The lowest BCUT2D eigenvalue weighted by Gasteiger charge is -2.59. The van der Waals surface area contributed by atoms with Gasteiger partial charge in [0, 0.05) is 6.07 Å². The highest BCUT2D eigenvalue weighted by molar-refractivity contribution is 5.71. The van der Waals surface area contributed by atoms with Crippen LogP contribution in [0.4, 0.5) is 4.39 Å². The van der Waals surface area contributed by atoms with Crippen LogP contribution in [0.25, 0.3) is 0 Å². The fraction of sp³-hybridized carbons (Fsp3) is 0.424. The first-order valence-corrected chi connectivity index (χ1v) is 16.2. The Kier molecular flexibility index (Phi) is 7.93. The van der Waals surface area contributed by atoms with Crippen molar-refractivity contribution in [2.75, 3.05) is 13.7 Å². The summed E-state index contributed by atoms with van der Waals surface area (Å²) in [5.41, 5.74) is 0.630. The maximum atomic E-state index is 13.3. The van der Waals surface area contributed by atoms with E-state index in [1.54, 1.807) is 7.11 Å². The van der Waals surface area contributed by atoms with Gasteiger partial charge in [0.05, 0.1) is 7.11 Å². The molecular weight excluding hydrogens is 622 g/mol. The molecule has 4 aliphatic carbocycles. The van der Waals surface area contributed by atoms with Gasteiger partial charge in [-0.25, -0.2) is 9.18 Å². The van der Waals surface area contributed by atoms with E-state index in [1.165, 1.54) is 44.2 Å². The van der Waals surface area contributed by atoms with Gasteiger partial charge < -0.3 is 18.9 Å². The van der Waals surface area contributed by atoms with Crippen LogP contribution >= 0.6 is 0 Å². The highest BCUT2D eigenvalue weighted by Crippen LogP contribution is 2.59. The van der Waals surface area contributed by atoms with Crippen molar-refractivity contribution in [2.45, 2.75) is 51.2 Å². The quantitative estimate of drug-likeness (QED) is 0.246. The SMILES string of the molecule is COc1ccc([I+]c2ccc(F)cc2)cc1OCc1ccc(OCC(=O)OC2(C)C3CC4CC(C3)CC2C4)cc1. The van der Waals surface area contributed by atoms with Crippen LogP contribution in [0.5, 0.6) is 17.2 Å². The molecular formula is C33H35FIO5+. The van der Waals surface area contributed by atoms with Crippen molar-refractivity contribution < 1.29 is 49.3 Å². The third-order valence-electron chi connectivity index (χ3n) is 8.91. The average Bonchev–Trinajstić information content (AvgIpc) is 2.95. The fourth-order valence-electron chi connectivity index (χ4n) is 6.99. The van der Waals surface area contributed by atoms with Gasteiger partial charge in [-0.15, -0.1) is 0 Å². The minimum atomic E-state index is -0.470. The first-order valence-electron chi connectivity index (χ1n) is 14.0. The highest BCUT2D eigenvalue weighted by Gasteiger charge is 2.57. The van der Waals surface area contributed by atoms with Crippen LogP contribution in [-0.2, 0) is 16.1 Å². The number of rotatable bonds is 10. The molecule has 4 fully saturated rings. The third kappa shape index (κ3) is 5.94. The monoisotopic (exact) mass is 657 g/mol. The number of carbonyl (C=O) groups is 1. The van der Waals surface area contributed by atoms with Gasteiger partial charge in [-0.05, 0) is 117 Å². The van der Waals surface area contributed by atoms with Gasteiger partial charge in [0.15, 0.2) is 25.2 Å². The van der Waals surface area contributed by atoms with Gasteiger partial charge in [-0.1, -0.05) is 12.1 Å². The molecule has 4 saturated carbocycles. The molecule has 0 atom stereocenters. The summed E-state index contributed by atoms with van der Waals surface area (Å²) in [5.74, 6) is 4.11. The Morgan fingerprint density at radius 2 is 1.50 bits per heavy atom. The van der Waals surface area contributed by atoms with Crippen LogP contribution in [0, 0.1) is 36.6 Å². The van der Waals surface area contributed by atoms with Gasteiger partial charge in [0.2, 0.25) is 0 Å². The Morgan fingerprint density at radius 1 is 0.850 bits per heavy atom. The molecule has 5 nitrogen and oxygen atoms in total. The molecule has 4 bridgehead atoms. The summed E-state index contributed by atoms with van der Waals surface area (Å²) in [7, 11) is 1.62. The van der Waals surface area contributed by atoms with Gasteiger partial charge in [-0.2, -0.15) is 0 Å². The number of hydrogen-bond acceptors (Lipinski definition) is 5. The molecule has 4 aliphatic rings. The maximum absolute atomic E-state index is 13.3. The van der Waals surface area contributed by atoms with Crippen molar-refractivity contribution in [3.8, 4) is 17.2 Å². The topological polar surface area (TPSA) is 54.0 Å². The van der Waals surface area contributed by atoms with E-state index in [1.807, 2.05) is 54.6 Å². The minimum absolute atomic E-state index is 0.0845. The number of benzene rings is 3. The molecule has 0 aromatic heterocycles. The normalized spacial score (nSPS) is 26.4. The van der Waals surface area contributed by atoms with E-state index in [0.717, 1.165) is 24.5 Å². The maximum Gasteiger partial charge on any atom is 0.358 e. The fourth-order valence-corrected chi connectivity index (χ4v) is 9.22. The van der Waals surface area contributed by atoms with Crippen LogP contribution in [0.3, 0.4) is 0 Å². The summed E-state index contributed by atoms with van der Waals surface area (Å²) in [6.45, 7) is 2.43. The summed E-state index contributed by atoms with van der Waals surface area (Å²) >= 11 is -0.470. The molecule has 7 rings (SSSR count). The van der Waals surface area contributed by atoms with Gasteiger partial charge >= 0.3 is 27.2 Å². The van der Waals surface area contributed by atoms with Crippen LogP contribution in [0.1, 0.15) is 44.6 Å². The van der Waals surface area contributed by atoms with Crippen molar-refractivity contribution in [3.63, 3.8) is 0 Å². The Balaban J connectivity index is 1.01. The van der Waals surface area contributed by atoms with E-state index in [-0.39, 0.29) is 24.0 Å². The number of methoxy groups -OCH3 is 1. The number of ether oxygens (including phenoxy) is 4. The summed E-state index contributed by atoms with van der Waals surface area (Å²) in [6.07, 6.45) is 6.18. The third-order valence-corrected chi connectivity index (χ3v) is 11.6. The Hall–Kier alpha value is -2.81. The van der Waals surface area contributed by atoms with Crippen LogP contribution in [-0.4, -0.2) is 25.3 Å². The molecule has 0 unspecified atom stereocenters. The molecule has 0 amide bonds. The molecule has 0 radical (unpaired) electrons. The largest absolute Gasteiger partial charge is 0.493 e. The predicted octanol–water partition coefficient (Wildman–Crippen LogP) is 3.68. The van der Waals surface area contributed by atoms with Gasteiger partial charge in [-0.3, -0.25) is 0 Å². The molecule has 210 valence electrons. The first kappa shape index (κ1) is 27.4. The van der Waals surface area contributed by atoms with Crippen molar-refractivity contribution in [1.29, 1.82) is 0 Å². The predicted molar refractivity (Wildman–Crippen MR) is 145 cm³/mol. The first-order chi connectivity index (χ1) is 19.4. The van der Waals surface area contributed by atoms with Gasteiger partial charge in [0.25, 0.3) is 0 Å². The van der Waals surface area contributed by atoms with Crippen molar-refractivity contribution in [2.24, 2.45) is 23.7 Å². The molecule has 3 aromatic rings. The zero-order valence-electron chi connectivity index (χ0n) is 22.9. The van der Waals surface area contributed by atoms with E-state index < -0.39 is 21.2 Å². The molecule has 0 saturated heterocycles. The number of hydrogen-bond donors (Lipinski definition) is 0. The average molecular weight is 658 g/mol. The van der Waals surface area contributed by atoms with Crippen LogP contribution < -0.4 is 35.4 Å². The second-order valence-electron chi connectivity index (χ2n) is 11.5. The Labute approximate surface area is 245 Å². The van der Waals surface area contributed by atoms with E-state index in [9.17, 15) is 9.18 Å². The second kappa shape index (κ2) is 11.6.